The van der Waals surface area contributed by atoms with Gasteiger partial charge in [0.15, 0.2) is 0 Å². The molecule has 1 aliphatic heterocycles. The summed E-state index contributed by atoms with van der Waals surface area (Å²) in [6.07, 6.45) is 4.60. The molecule has 1 aromatic rings. The molecule has 1 unspecified atom stereocenters. The first-order valence-corrected chi connectivity index (χ1v) is 4.65. The number of carbonyl (C=O) groups is 1. The van der Waals surface area contributed by atoms with Gasteiger partial charge in [0.1, 0.15) is 0 Å². The first kappa shape index (κ1) is 9.15. The van der Waals surface area contributed by atoms with Gasteiger partial charge in [0.05, 0.1) is 6.42 Å². The highest BCUT2D eigenvalue weighted by Crippen LogP contribution is 2.23. The van der Waals surface area contributed by atoms with E-state index in [9.17, 15) is 4.79 Å². The number of pyridine rings is 1. The fraction of sp³-hybridized carbons (Fsp3) is 0.400. The predicted octanol–water partition coefficient (Wildman–Crippen LogP) is 0.743. The van der Waals surface area contributed by atoms with Crippen molar-refractivity contribution < 1.29 is 9.90 Å². The van der Waals surface area contributed by atoms with E-state index in [-0.39, 0.29) is 12.5 Å². The van der Waals surface area contributed by atoms with Crippen LogP contribution < -0.4 is 5.32 Å². The third kappa shape index (κ3) is 1.75. The predicted molar refractivity (Wildman–Crippen MR) is 50.9 cm³/mol. The Bertz CT molecular complexity index is 352. The summed E-state index contributed by atoms with van der Waals surface area (Å²) in [4.78, 5) is 14.7. The molecule has 2 N–H and O–H groups in total. The third-order valence-corrected chi connectivity index (χ3v) is 2.48. The number of carboxylic acid groups (broad SMARTS) is 1. The lowest BCUT2D eigenvalue weighted by Gasteiger charge is -2.25. The number of nitrogens with one attached hydrogen (secondary N) is 1. The zero-order valence-corrected chi connectivity index (χ0v) is 7.73. The van der Waals surface area contributed by atoms with Crippen molar-refractivity contribution in [2.75, 3.05) is 6.54 Å². The van der Waals surface area contributed by atoms with Gasteiger partial charge in [-0.25, -0.2) is 0 Å². The SMILES string of the molecule is O=C(O)CC1NCCc2cnccc21. The smallest absolute Gasteiger partial charge is 0.305 e. The molecule has 0 bridgehead atoms. The maximum atomic E-state index is 10.6. The molecule has 0 spiro atoms. The molecule has 1 aromatic heterocycles. The average molecular weight is 192 g/mol. The molecule has 2 heterocycles. The van der Waals surface area contributed by atoms with Crippen LogP contribution in [0.2, 0.25) is 0 Å². The Morgan fingerprint density at radius 2 is 2.57 bits per heavy atom. The Morgan fingerprint density at radius 3 is 3.36 bits per heavy atom. The summed E-state index contributed by atoms with van der Waals surface area (Å²) in [6, 6.07) is 1.84. The standard InChI is InChI=1S/C10H12N2O2/c13-10(14)5-9-8-2-3-11-6-7(8)1-4-12-9/h2-3,6,9,12H,1,4-5H2,(H,13,14). The van der Waals surface area contributed by atoms with Crippen LogP contribution in [0.1, 0.15) is 23.6 Å². The van der Waals surface area contributed by atoms with Crippen LogP contribution in [-0.4, -0.2) is 22.6 Å². The van der Waals surface area contributed by atoms with Crippen LogP contribution in [0.3, 0.4) is 0 Å². The number of aromatic nitrogens is 1. The molecule has 0 fully saturated rings. The Morgan fingerprint density at radius 1 is 1.71 bits per heavy atom. The maximum Gasteiger partial charge on any atom is 0.305 e. The number of fused-ring (bicyclic) bond motifs is 1. The Balaban J connectivity index is 2.26. The number of hydrogen-bond donors (Lipinski definition) is 2. The molecular formula is C10H12N2O2. The van der Waals surface area contributed by atoms with Crippen LogP contribution in [-0.2, 0) is 11.2 Å². The molecule has 2 rings (SSSR count). The highest BCUT2D eigenvalue weighted by Gasteiger charge is 2.21. The van der Waals surface area contributed by atoms with Gasteiger partial charge in [-0.3, -0.25) is 9.78 Å². The summed E-state index contributed by atoms with van der Waals surface area (Å²) in [6.45, 7) is 0.830. The second-order valence-corrected chi connectivity index (χ2v) is 3.43. The molecule has 0 saturated carbocycles. The molecule has 1 aliphatic rings. The number of nitrogens with zero attached hydrogens (tertiary/aromatic N) is 1. The van der Waals surface area contributed by atoms with E-state index in [2.05, 4.69) is 10.3 Å². The molecule has 4 heteroatoms. The van der Waals surface area contributed by atoms with E-state index in [0.717, 1.165) is 24.1 Å². The molecular weight excluding hydrogens is 180 g/mol. The monoisotopic (exact) mass is 192 g/mol. The summed E-state index contributed by atoms with van der Waals surface area (Å²) in [5.41, 5.74) is 2.24. The van der Waals surface area contributed by atoms with Gasteiger partial charge in [0.2, 0.25) is 0 Å². The van der Waals surface area contributed by atoms with E-state index < -0.39 is 5.97 Å². The zero-order chi connectivity index (χ0) is 9.97. The summed E-state index contributed by atoms with van der Waals surface area (Å²) in [5, 5.41) is 11.9. The molecule has 0 saturated heterocycles. The fourth-order valence-electron chi connectivity index (χ4n) is 1.83. The van der Waals surface area contributed by atoms with Crippen molar-refractivity contribution in [2.45, 2.75) is 18.9 Å². The van der Waals surface area contributed by atoms with Crippen molar-refractivity contribution in [2.24, 2.45) is 0 Å². The third-order valence-electron chi connectivity index (χ3n) is 2.48. The Kier molecular flexibility index (Phi) is 2.45. The topological polar surface area (TPSA) is 62.2 Å². The lowest BCUT2D eigenvalue weighted by molar-refractivity contribution is -0.137. The molecule has 4 nitrogen and oxygen atoms in total. The van der Waals surface area contributed by atoms with E-state index >= 15 is 0 Å². The van der Waals surface area contributed by atoms with Crippen molar-refractivity contribution >= 4 is 5.97 Å². The second-order valence-electron chi connectivity index (χ2n) is 3.43. The lowest BCUT2D eigenvalue weighted by Crippen LogP contribution is -2.31. The van der Waals surface area contributed by atoms with Crippen molar-refractivity contribution in [3.63, 3.8) is 0 Å². The molecule has 74 valence electrons. The number of rotatable bonds is 2. The highest BCUT2D eigenvalue weighted by atomic mass is 16.4. The maximum absolute atomic E-state index is 10.6. The van der Waals surface area contributed by atoms with Gasteiger partial charge < -0.3 is 10.4 Å². The van der Waals surface area contributed by atoms with Crippen LogP contribution >= 0.6 is 0 Å². The molecule has 0 aromatic carbocycles. The summed E-state index contributed by atoms with van der Waals surface area (Å²) < 4.78 is 0. The normalized spacial score (nSPS) is 20.1. The minimum Gasteiger partial charge on any atom is -0.481 e. The second kappa shape index (κ2) is 3.75. The summed E-state index contributed by atoms with van der Waals surface area (Å²) in [5.74, 6) is -0.771. The summed E-state index contributed by atoms with van der Waals surface area (Å²) in [7, 11) is 0. The van der Waals surface area contributed by atoms with Gasteiger partial charge in [-0.2, -0.15) is 0 Å². The van der Waals surface area contributed by atoms with Gasteiger partial charge in [-0.05, 0) is 30.2 Å². The fourth-order valence-corrected chi connectivity index (χ4v) is 1.83. The van der Waals surface area contributed by atoms with Crippen molar-refractivity contribution in [3.05, 3.63) is 29.6 Å². The van der Waals surface area contributed by atoms with Crippen molar-refractivity contribution in [3.8, 4) is 0 Å². The number of carboxylic acids is 1. The first-order chi connectivity index (χ1) is 6.77. The number of aliphatic carboxylic acids is 1. The quantitative estimate of drug-likeness (QED) is 0.725. The zero-order valence-electron chi connectivity index (χ0n) is 7.73. The minimum absolute atomic E-state index is 0.0563. The Hall–Kier alpha value is -1.42. The molecule has 0 aliphatic carbocycles. The van der Waals surface area contributed by atoms with E-state index in [4.69, 9.17) is 5.11 Å². The van der Waals surface area contributed by atoms with Crippen LogP contribution in [0, 0.1) is 0 Å². The van der Waals surface area contributed by atoms with Gasteiger partial charge >= 0.3 is 5.97 Å². The highest BCUT2D eigenvalue weighted by molar-refractivity contribution is 5.68. The first-order valence-electron chi connectivity index (χ1n) is 4.65. The van der Waals surface area contributed by atoms with Crippen molar-refractivity contribution in [1.29, 1.82) is 0 Å². The van der Waals surface area contributed by atoms with Crippen LogP contribution in [0.5, 0.6) is 0 Å². The van der Waals surface area contributed by atoms with Crippen molar-refractivity contribution in [1.82, 2.24) is 10.3 Å². The van der Waals surface area contributed by atoms with Gasteiger partial charge in [0, 0.05) is 18.4 Å². The van der Waals surface area contributed by atoms with E-state index in [1.54, 1.807) is 6.20 Å². The Labute approximate surface area is 82.0 Å². The van der Waals surface area contributed by atoms with Gasteiger partial charge in [-0.1, -0.05) is 0 Å². The van der Waals surface area contributed by atoms with E-state index in [1.165, 1.54) is 0 Å². The molecule has 1 atom stereocenters. The largest absolute Gasteiger partial charge is 0.481 e. The minimum atomic E-state index is -0.771. The average Bonchev–Trinajstić information content (AvgIpc) is 2.18. The molecule has 0 radical (unpaired) electrons. The van der Waals surface area contributed by atoms with E-state index in [1.807, 2.05) is 12.3 Å². The van der Waals surface area contributed by atoms with Crippen LogP contribution in [0.15, 0.2) is 18.5 Å². The van der Waals surface area contributed by atoms with Crippen LogP contribution in [0.25, 0.3) is 0 Å². The molecule has 14 heavy (non-hydrogen) atoms. The van der Waals surface area contributed by atoms with Crippen LogP contribution in [0.4, 0.5) is 0 Å². The lowest BCUT2D eigenvalue weighted by atomic mass is 9.94. The summed E-state index contributed by atoms with van der Waals surface area (Å²) >= 11 is 0. The van der Waals surface area contributed by atoms with Gasteiger partial charge in [-0.15, -0.1) is 0 Å². The number of hydrogen-bond acceptors (Lipinski definition) is 3. The molecule has 0 amide bonds. The van der Waals surface area contributed by atoms with E-state index in [0.29, 0.717) is 0 Å². The van der Waals surface area contributed by atoms with Gasteiger partial charge in [0.25, 0.3) is 0 Å².